The Labute approximate surface area is 167 Å². The third-order valence-corrected chi connectivity index (χ3v) is 5.28. The van der Waals surface area contributed by atoms with Gasteiger partial charge in [0.05, 0.1) is 29.8 Å². The number of ether oxygens (including phenoxy) is 1. The third kappa shape index (κ3) is 4.32. The number of rotatable bonds is 6. The van der Waals surface area contributed by atoms with Gasteiger partial charge >= 0.3 is 5.69 Å². The van der Waals surface area contributed by atoms with Gasteiger partial charge in [-0.2, -0.15) is 0 Å². The zero-order valence-electron chi connectivity index (χ0n) is 15.3. The lowest BCUT2D eigenvalue weighted by Crippen LogP contribution is -2.56. The average molecular weight is 403 g/mol. The predicted molar refractivity (Wildman–Crippen MR) is 110 cm³/mol. The van der Waals surface area contributed by atoms with E-state index in [0.29, 0.717) is 24.3 Å². The molecule has 4 N–H and O–H groups in total. The topological polar surface area (TPSA) is 93.4 Å². The number of hydrogen-bond donors (Lipinski definition) is 4. The van der Waals surface area contributed by atoms with E-state index in [4.69, 9.17) is 16.3 Å². The molecule has 0 aliphatic carbocycles. The van der Waals surface area contributed by atoms with Crippen molar-refractivity contribution in [2.24, 2.45) is 0 Å². The molecule has 0 bridgehead atoms. The molecule has 1 aliphatic heterocycles. The fraction of sp³-hybridized carbons (Fsp3) is 0.350. The van der Waals surface area contributed by atoms with E-state index < -0.39 is 6.10 Å². The quantitative estimate of drug-likeness (QED) is 0.506. The summed E-state index contributed by atoms with van der Waals surface area (Å²) in [6, 6.07) is 13.1. The van der Waals surface area contributed by atoms with Gasteiger partial charge in [0.25, 0.3) is 0 Å². The first-order valence-corrected chi connectivity index (χ1v) is 9.73. The van der Waals surface area contributed by atoms with Gasteiger partial charge in [0, 0.05) is 42.8 Å². The SMILES string of the molecule is O=c1[nH]c2ccc(OCC[C@H](O)[C@@H]3CN(c4ccc(Cl)cc4)CCN3)cc2[nH]1. The number of aliphatic hydroxyl groups is 1. The minimum absolute atomic E-state index is 0.0310. The van der Waals surface area contributed by atoms with Gasteiger partial charge in [-0.1, -0.05) is 11.6 Å². The van der Waals surface area contributed by atoms with Gasteiger partial charge in [0.15, 0.2) is 0 Å². The van der Waals surface area contributed by atoms with Gasteiger partial charge in [-0.3, -0.25) is 0 Å². The Bertz CT molecular complexity index is 985. The van der Waals surface area contributed by atoms with Crippen LogP contribution in [0, 0.1) is 0 Å². The van der Waals surface area contributed by atoms with Crippen molar-refractivity contribution in [3.05, 3.63) is 58.0 Å². The maximum Gasteiger partial charge on any atom is 0.323 e. The van der Waals surface area contributed by atoms with Crippen molar-refractivity contribution in [2.75, 3.05) is 31.1 Å². The number of aromatic amines is 2. The van der Waals surface area contributed by atoms with Crippen LogP contribution in [0.5, 0.6) is 5.75 Å². The standard InChI is InChI=1S/C20H23ClN4O3/c21-13-1-3-14(4-2-13)25-9-8-22-18(12-25)19(26)7-10-28-15-5-6-16-17(11-15)24-20(27)23-16/h1-6,11,18-19,22,26H,7-10,12H2,(H2,23,24,27)/t18-,19-/m0/s1. The molecule has 0 unspecified atom stereocenters. The zero-order chi connectivity index (χ0) is 19.5. The number of nitrogens with zero attached hydrogens (tertiary/aromatic N) is 1. The number of H-pyrrole nitrogens is 2. The van der Waals surface area contributed by atoms with Crippen molar-refractivity contribution in [3.8, 4) is 5.75 Å². The van der Waals surface area contributed by atoms with Gasteiger partial charge in [0.2, 0.25) is 0 Å². The lowest BCUT2D eigenvalue weighted by molar-refractivity contribution is 0.0977. The van der Waals surface area contributed by atoms with Crippen LogP contribution in [0.15, 0.2) is 47.3 Å². The van der Waals surface area contributed by atoms with Crippen LogP contribution in [0.4, 0.5) is 5.69 Å². The van der Waals surface area contributed by atoms with Crippen molar-refractivity contribution >= 4 is 28.3 Å². The third-order valence-electron chi connectivity index (χ3n) is 5.03. The fourth-order valence-electron chi connectivity index (χ4n) is 3.52. The van der Waals surface area contributed by atoms with Crippen molar-refractivity contribution in [2.45, 2.75) is 18.6 Å². The average Bonchev–Trinajstić information content (AvgIpc) is 3.08. The molecular formula is C20H23ClN4O3. The summed E-state index contributed by atoms with van der Waals surface area (Å²) in [6.07, 6.45) is -0.0146. The molecule has 0 radical (unpaired) electrons. The number of imidazole rings is 1. The molecule has 28 heavy (non-hydrogen) atoms. The fourth-order valence-corrected chi connectivity index (χ4v) is 3.65. The van der Waals surface area contributed by atoms with Crippen molar-refractivity contribution in [1.82, 2.24) is 15.3 Å². The first-order valence-electron chi connectivity index (χ1n) is 9.35. The number of halogens is 1. The summed E-state index contributed by atoms with van der Waals surface area (Å²) in [5.41, 5.74) is 2.31. The Morgan fingerprint density at radius 1 is 1.18 bits per heavy atom. The maximum absolute atomic E-state index is 11.3. The number of nitrogens with one attached hydrogen (secondary N) is 3. The van der Waals surface area contributed by atoms with E-state index in [-0.39, 0.29) is 11.7 Å². The Morgan fingerprint density at radius 3 is 2.79 bits per heavy atom. The zero-order valence-corrected chi connectivity index (χ0v) is 16.1. The van der Waals surface area contributed by atoms with Crippen LogP contribution in [-0.4, -0.2) is 53.5 Å². The monoisotopic (exact) mass is 402 g/mol. The summed E-state index contributed by atoms with van der Waals surface area (Å²) < 4.78 is 5.76. The first kappa shape index (κ1) is 18.9. The van der Waals surface area contributed by atoms with Crippen molar-refractivity contribution in [3.63, 3.8) is 0 Å². The number of hydrogen-bond acceptors (Lipinski definition) is 5. The first-order chi connectivity index (χ1) is 13.6. The van der Waals surface area contributed by atoms with Crippen LogP contribution in [0.25, 0.3) is 11.0 Å². The summed E-state index contributed by atoms with van der Waals surface area (Å²) in [6.45, 7) is 2.80. The van der Waals surface area contributed by atoms with Crippen molar-refractivity contribution < 1.29 is 9.84 Å². The second kappa shape index (κ2) is 8.26. The highest BCUT2D eigenvalue weighted by atomic mass is 35.5. The summed E-state index contributed by atoms with van der Waals surface area (Å²) in [7, 11) is 0. The largest absolute Gasteiger partial charge is 0.493 e. The van der Waals surface area contributed by atoms with Gasteiger partial charge in [-0.25, -0.2) is 4.79 Å². The number of aliphatic hydroxyl groups excluding tert-OH is 1. The summed E-state index contributed by atoms with van der Waals surface area (Å²) in [5, 5.41) is 14.7. The van der Waals surface area contributed by atoms with Crippen LogP contribution >= 0.6 is 11.6 Å². The molecule has 1 saturated heterocycles. The predicted octanol–water partition coefficient (Wildman–Crippen LogP) is 2.12. The highest BCUT2D eigenvalue weighted by Crippen LogP contribution is 2.21. The van der Waals surface area contributed by atoms with E-state index in [2.05, 4.69) is 20.2 Å². The number of fused-ring (bicyclic) bond motifs is 1. The van der Waals surface area contributed by atoms with Crippen LogP contribution in [-0.2, 0) is 0 Å². The number of aromatic nitrogens is 2. The van der Waals surface area contributed by atoms with Gasteiger partial charge in [-0.15, -0.1) is 0 Å². The van der Waals surface area contributed by atoms with E-state index >= 15 is 0 Å². The lowest BCUT2D eigenvalue weighted by atomic mass is 10.1. The minimum atomic E-state index is -0.522. The molecule has 4 rings (SSSR count). The Morgan fingerprint density at radius 2 is 1.96 bits per heavy atom. The molecule has 0 spiro atoms. The molecule has 0 saturated carbocycles. The van der Waals surface area contributed by atoms with Gasteiger partial charge in [-0.05, 0) is 36.4 Å². The number of anilines is 1. The summed E-state index contributed by atoms with van der Waals surface area (Å²) in [4.78, 5) is 19.0. The molecule has 2 heterocycles. The Kier molecular flexibility index (Phi) is 5.57. The lowest BCUT2D eigenvalue weighted by Gasteiger charge is -2.37. The molecule has 0 amide bonds. The van der Waals surface area contributed by atoms with E-state index in [1.165, 1.54) is 0 Å². The van der Waals surface area contributed by atoms with E-state index in [1.54, 1.807) is 18.2 Å². The molecular weight excluding hydrogens is 380 g/mol. The molecule has 3 aromatic rings. The van der Waals surface area contributed by atoms with Crippen LogP contribution in [0.1, 0.15) is 6.42 Å². The Hall–Kier alpha value is -2.48. The smallest absolute Gasteiger partial charge is 0.323 e. The second-order valence-corrected chi connectivity index (χ2v) is 7.41. The molecule has 1 fully saturated rings. The van der Waals surface area contributed by atoms with E-state index in [9.17, 15) is 9.90 Å². The molecule has 7 nitrogen and oxygen atoms in total. The van der Waals surface area contributed by atoms with E-state index in [1.807, 2.05) is 24.3 Å². The molecule has 1 aliphatic rings. The summed E-state index contributed by atoms with van der Waals surface area (Å²) >= 11 is 5.97. The molecule has 148 valence electrons. The van der Waals surface area contributed by atoms with E-state index in [0.717, 1.165) is 35.9 Å². The molecule has 2 atom stereocenters. The summed E-state index contributed by atoms with van der Waals surface area (Å²) in [5.74, 6) is 0.661. The normalized spacial score (nSPS) is 18.4. The highest BCUT2D eigenvalue weighted by Gasteiger charge is 2.25. The maximum atomic E-state index is 11.3. The van der Waals surface area contributed by atoms with Gasteiger partial charge in [0.1, 0.15) is 5.75 Å². The van der Waals surface area contributed by atoms with Crippen LogP contribution in [0.3, 0.4) is 0 Å². The van der Waals surface area contributed by atoms with Crippen molar-refractivity contribution in [1.29, 1.82) is 0 Å². The minimum Gasteiger partial charge on any atom is -0.493 e. The molecule has 1 aromatic heterocycles. The Balaban J connectivity index is 1.30. The van der Waals surface area contributed by atoms with Crippen LogP contribution < -0.4 is 20.6 Å². The van der Waals surface area contributed by atoms with Gasteiger partial charge < -0.3 is 30.0 Å². The number of benzene rings is 2. The highest BCUT2D eigenvalue weighted by molar-refractivity contribution is 6.30. The molecule has 2 aromatic carbocycles. The second-order valence-electron chi connectivity index (χ2n) is 6.97. The number of piperazine rings is 1. The van der Waals surface area contributed by atoms with Crippen LogP contribution in [0.2, 0.25) is 5.02 Å². The molecule has 8 heteroatoms.